The van der Waals surface area contributed by atoms with Crippen molar-refractivity contribution in [1.82, 2.24) is 15.1 Å². The van der Waals surface area contributed by atoms with E-state index >= 15 is 0 Å². The number of piperidine rings is 1. The number of anilines is 2. The van der Waals surface area contributed by atoms with Crippen LogP contribution in [-0.4, -0.2) is 40.1 Å². The molecule has 7 nitrogen and oxygen atoms in total. The van der Waals surface area contributed by atoms with E-state index in [1.807, 2.05) is 67.3 Å². The van der Waals surface area contributed by atoms with Gasteiger partial charge < -0.3 is 15.5 Å². The molecule has 8 heteroatoms. The molecule has 0 aliphatic carbocycles. The van der Waals surface area contributed by atoms with E-state index < -0.39 is 0 Å². The lowest BCUT2D eigenvalue weighted by atomic mass is 9.98. The van der Waals surface area contributed by atoms with Gasteiger partial charge in [0, 0.05) is 30.4 Å². The SMILES string of the molecule is Cc1ccc(NC(=O)c2nnc(C3CCN(C(=O)Nc4ccc(C)cc4)CC3)s2)cc1. The fourth-order valence-corrected chi connectivity index (χ4v) is 4.39. The van der Waals surface area contributed by atoms with Crippen LogP contribution < -0.4 is 10.6 Å². The van der Waals surface area contributed by atoms with E-state index in [0.29, 0.717) is 18.1 Å². The molecule has 1 aromatic heterocycles. The van der Waals surface area contributed by atoms with Gasteiger partial charge in [0.2, 0.25) is 5.01 Å². The summed E-state index contributed by atoms with van der Waals surface area (Å²) in [6, 6.07) is 15.3. The monoisotopic (exact) mass is 435 g/mol. The minimum Gasteiger partial charge on any atom is -0.324 e. The molecular formula is C23H25N5O2S. The Bertz CT molecular complexity index is 1050. The average molecular weight is 436 g/mol. The molecular weight excluding hydrogens is 410 g/mol. The van der Waals surface area contributed by atoms with Gasteiger partial charge in [-0.15, -0.1) is 10.2 Å². The quantitative estimate of drug-likeness (QED) is 0.615. The molecule has 1 saturated heterocycles. The van der Waals surface area contributed by atoms with E-state index in [9.17, 15) is 9.59 Å². The molecule has 3 aromatic rings. The third kappa shape index (κ3) is 5.27. The molecule has 4 rings (SSSR count). The van der Waals surface area contributed by atoms with Crippen molar-refractivity contribution in [2.75, 3.05) is 23.7 Å². The average Bonchev–Trinajstić information content (AvgIpc) is 3.27. The van der Waals surface area contributed by atoms with Gasteiger partial charge >= 0.3 is 6.03 Å². The number of hydrogen-bond acceptors (Lipinski definition) is 5. The fourth-order valence-electron chi connectivity index (χ4n) is 3.48. The molecule has 0 atom stereocenters. The summed E-state index contributed by atoms with van der Waals surface area (Å²) in [5.41, 5.74) is 3.82. The second kappa shape index (κ2) is 9.26. The number of nitrogens with zero attached hydrogens (tertiary/aromatic N) is 3. The van der Waals surface area contributed by atoms with Crippen LogP contribution in [0.15, 0.2) is 48.5 Å². The number of carbonyl (C=O) groups is 2. The number of rotatable bonds is 4. The van der Waals surface area contributed by atoms with E-state index in [0.717, 1.165) is 40.4 Å². The summed E-state index contributed by atoms with van der Waals surface area (Å²) in [5, 5.41) is 15.4. The van der Waals surface area contributed by atoms with Crippen molar-refractivity contribution < 1.29 is 9.59 Å². The van der Waals surface area contributed by atoms with Gasteiger partial charge in [-0.3, -0.25) is 4.79 Å². The van der Waals surface area contributed by atoms with Gasteiger partial charge in [-0.1, -0.05) is 46.7 Å². The molecule has 1 aliphatic heterocycles. The minimum absolute atomic E-state index is 0.0854. The van der Waals surface area contributed by atoms with E-state index in [1.165, 1.54) is 11.3 Å². The van der Waals surface area contributed by atoms with Gasteiger partial charge in [-0.25, -0.2) is 4.79 Å². The van der Waals surface area contributed by atoms with Crippen molar-refractivity contribution in [2.45, 2.75) is 32.6 Å². The van der Waals surface area contributed by atoms with Crippen LogP contribution in [0.3, 0.4) is 0 Å². The smallest absolute Gasteiger partial charge is 0.321 e. The van der Waals surface area contributed by atoms with E-state index in [2.05, 4.69) is 20.8 Å². The number of carbonyl (C=O) groups excluding carboxylic acids is 2. The first-order chi connectivity index (χ1) is 15.0. The normalized spacial score (nSPS) is 14.3. The lowest BCUT2D eigenvalue weighted by Crippen LogP contribution is -2.40. The predicted molar refractivity (Wildman–Crippen MR) is 123 cm³/mol. The predicted octanol–water partition coefficient (Wildman–Crippen LogP) is 4.82. The summed E-state index contributed by atoms with van der Waals surface area (Å²) in [5.74, 6) is -0.0376. The molecule has 160 valence electrons. The number of urea groups is 1. The molecule has 0 radical (unpaired) electrons. The molecule has 2 aromatic carbocycles. The molecule has 1 fully saturated rings. The van der Waals surface area contributed by atoms with Crippen LogP contribution in [0.2, 0.25) is 0 Å². The fraction of sp³-hybridized carbons (Fsp3) is 0.304. The molecule has 1 aliphatic rings. The Labute approximate surface area is 185 Å². The molecule has 2 heterocycles. The summed E-state index contributed by atoms with van der Waals surface area (Å²) >= 11 is 1.33. The zero-order valence-corrected chi connectivity index (χ0v) is 18.4. The van der Waals surface area contributed by atoms with Crippen LogP contribution in [0.5, 0.6) is 0 Å². The van der Waals surface area contributed by atoms with Gasteiger partial charge in [-0.05, 0) is 51.0 Å². The van der Waals surface area contributed by atoms with Crippen LogP contribution in [0.1, 0.15) is 44.7 Å². The molecule has 2 N–H and O–H groups in total. The van der Waals surface area contributed by atoms with Crippen molar-refractivity contribution in [3.05, 3.63) is 69.7 Å². The number of likely N-dealkylation sites (tertiary alicyclic amines) is 1. The van der Waals surface area contributed by atoms with E-state index in [-0.39, 0.29) is 17.9 Å². The Morgan fingerprint density at radius 2 is 1.42 bits per heavy atom. The third-order valence-electron chi connectivity index (χ3n) is 5.38. The van der Waals surface area contributed by atoms with Crippen LogP contribution in [0.4, 0.5) is 16.2 Å². The standard InChI is InChI=1S/C23H25N5O2S/c1-15-3-7-18(8-4-15)24-20(29)22-27-26-21(31-22)17-11-13-28(14-12-17)23(30)25-19-9-5-16(2)6-10-19/h3-10,17H,11-14H2,1-2H3,(H,24,29)(H,25,30). The summed E-state index contributed by atoms with van der Waals surface area (Å²) in [6.07, 6.45) is 1.60. The zero-order chi connectivity index (χ0) is 21.8. The Morgan fingerprint density at radius 1 is 0.871 bits per heavy atom. The van der Waals surface area contributed by atoms with Crippen LogP contribution >= 0.6 is 11.3 Å². The highest BCUT2D eigenvalue weighted by molar-refractivity contribution is 7.13. The Hall–Kier alpha value is -3.26. The first-order valence-electron chi connectivity index (χ1n) is 10.3. The van der Waals surface area contributed by atoms with Crippen molar-refractivity contribution >= 4 is 34.6 Å². The van der Waals surface area contributed by atoms with Crippen LogP contribution in [-0.2, 0) is 0 Å². The lowest BCUT2D eigenvalue weighted by molar-refractivity contribution is 0.102. The maximum atomic E-state index is 12.5. The van der Waals surface area contributed by atoms with Gasteiger partial charge in [0.25, 0.3) is 5.91 Å². The third-order valence-corrected chi connectivity index (χ3v) is 6.46. The van der Waals surface area contributed by atoms with Crippen LogP contribution in [0.25, 0.3) is 0 Å². The Balaban J connectivity index is 1.30. The lowest BCUT2D eigenvalue weighted by Gasteiger charge is -2.31. The highest BCUT2D eigenvalue weighted by Gasteiger charge is 2.27. The first-order valence-corrected chi connectivity index (χ1v) is 11.1. The number of benzene rings is 2. The molecule has 0 unspecified atom stereocenters. The van der Waals surface area contributed by atoms with Crippen molar-refractivity contribution in [2.24, 2.45) is 0 Å². The maximum absolute atomic E-state index is 12.5. The number of hydrogen-bond donors (Lipinski definition) is 2. The molecule has 31 heavy (non-hydrogen) atoms. The number of amides is 3. The Morgan fingerprint density at radius 3 is 2.00 bits per heavy atom. The summed E-state index contributed by atoms with van der Waals surface area (Å²) in [4.78, 5) is 26.8. The second-order valence-corrected chi connectivity index (χ2v) is 8.83. The van der Waals surface area contributed by atoms with Crippen molar-refractivity contribution in [3.8, 4) is 0 Å². The molecule has 0 bridgehead atoms. The summed E-state index contributed by atoms with van der Waals surface area (Å²) in [7, 11) is 0. The van der Waals surface area contributed by atoms with Crippen molar-refractivity contribution in [3.63, 3.8) is 0 Å². The zero-order valence-electron chi connectivity index (χ0n) is 17.6. The van der Waals surface area contributed by atoms with Gasteiger partial charge in [0.15, 0.2) is 0 Å². The molecule has 3 amide bonds. The largest absolute Gasteiger partial charge is 0.324 e. The van der Waals surface area contributed by atoms with Gasteiger partial charge in [-0.2, -0.15) is 0 Å². The number of aryl methyl sites for hydroxylation is 2. The van der Waals surface area contributed by atoms with Gasteiger partial charge in [0.05, 0.1) is 0 Å². The minimum atomic E-state index is -0.248. The number of aromatic nitrogens is 2. The topological polar surface area (TPSA) is 87.2 Å². The Kier molecular flexibility index (Phi) is 6.27. The maximum Gasteiger partial charge on any atom is 0.321 e. The highest BCUT2D eigenvalue weighted by atomic mass is 32.1. The first kappa shape index (κ1) is 21.0. The number of nitrogens with one attached hydrogen (secondary N) is 2. The van der Waals surface area contributed by atoms with E-state index in [1.54, 1.807) is 0 Å². The van der Waals surface area contributed by atoms with Gasteiger partial charge in [0.1, 0.15) is 5.01 Å². The van der Waals surface area contributed by atoms with Crippen LogP contribution in [0, 0.1) is 13.8 Å². The van der Waals surface area contributed by atoms with Crippen molar-refractivity contribution in [1.29, 1.82) is 0 Å². The summed E-state index contributed by atoms with van der Waals surface area (Å²) in [6.45, 7) is 5.31. The summed E-state index contributed by atoms with van der Waals surface area (Å²) < 4.78 is 0. The molecule has 0 spiro atoms. The van der Waals surface area contributed by atoms with E-state index in [4.69, 9.17) is 0 Å². The molecule has 0 saturated carbocycles. The highest BCUT2D eigenvalue weighted by Crippen LogP contribution is 2.30. The second-order valence-electron chi connectivity index (χ2n) is 7.82.